The lowest BCUT2D eigenvalue weighted by Gasteiger charge is -2.02. The predicted molar refractivity (Wildman–Crippen MR) is 73.0 cm³/mol. The van der Waals surface area contributed by atoms with Crippen LogP contribution < -0.4 is 5.32 Å². The van der Waals surface area contributed by atoms with Crippen molar-refractivity contribution in [3.05, 3.63) is 29.2 Å². The summed E-state index contributed by atoms with van der Waals surface area (Å²) in [5, 5.41) is 13.9. The van der Waals surface area contributed by atoms with Gasteiger partial charge in [0.25, 0.3) is 5.91 Å². The predicted octanol–water partition coefficient (Wildman–Crippen LogP) is 1.90. The molecule has 0 bridgehead atoms. The lowest BCUT2D eigenvalue weighted by Crippen LogP contribution is -2.14. The second kappa shape index (κ2) is 5.26. The molecule has 0 atom stereocenters. The van der Waals surface area contributed by atoms with Crippen LogP contribution in [0.3, 0.4) is 0 Å². The maximum Gasteiger partial charge on any atom is 0.277 e. The van der Waals surface area contributed by atoms with E-state index < -0.39 is 0 Å². The van der Waals surface area contributed by atoms with Crippen molar-refractivity contribution in [2.45, 2.75) is 27.2 Å². The number of aryl methyl sites for hydroxylation is 2. The number of carbonyl (C=O) groups excluding carboxylic acids is 1. The van der Waals surface area contributed by atoms with Crippen molar-refractivity contribution in [2.24, 2.45) is 13.0 Å². The number of anilines is 1. The van der Waals surface area contributed by atoms with Gasteiger partial charge in [-0.3, -0.25) is 14.6 Å². The largest absolute Gasteiger partial charge is 0.305 e. The van der Waals surface area contributed by atoms with E-state index in [2.05, 4.69) is 34.5 Å². The maximum atomic E-state index is 12.0. The first-order chi connectivity index (χ1) is 8.95. The van der Waals surface area contributed by atoms with Crippen LogP contribution in [0.25, 0.3) is 0 Å². The van der Waals surface area contributed by atoms with Crippen LogP contribution >= 0.6 is 0 Å². The van der Waals surface area contributed by atoms with Gasteiger partial charge in [0.05, 0.1) is 5.69 Å². The van der Waals surface area contributed by atoms with Crippen LogP contribution in [0.5, 0.6) is 0 Å². The molecule has 0 aliphatic rings. The molecule has 1 amide bonds. The molecule has 6 nitrogen and oxygen atoms in total. The molecule has 0 aliphatic carbocycles. The lowest BCUT2D eigenvalue weighted by atomic mass is 10.1. The van der Waals surface area contributed by atoms with E-state index in [0.29, 0.717) is 17.4 Å². The van der Waals surface area contributed by atoms with Crippen LogP contribution in [0, 0.1) is 12.8 Å². The Bertz CT molecular complexity index is 582. The van der Waals surface area contributed by atoms with Gasteiger partial charge in [-0.2, -0.15) is 10.2 Å². The van der Waals surface area contributed by atoms with Gasteiger partial charge in [-0.15, -0.1) is 0 Å². The van der Waals surface area contributed by atoms with Crippen LogP contribution in [0.2, 0.25) is 0 Å². The van der Waals surface area contributed by atoms with E-state index in [-0.39, 0.29) is 5.91 Å². The van der Waals surface area contributed by atoms with Crippen LogP contribution in [-0.2, 0) is 13.5 Å². The fourth-order valence-corrected chi connectivity index (χ4v) is 1.93. The summed E-state index contributed by atoms with van der Waals surface area (Å²) in [6.45, 7) is 6.13. The first-order valence-corrected chi connectivity index (χ1v) is 6.32. The van der Waals surface area contributed by atoms with Gasteiger partial charge < -0.3 is 5.32 Å². The normalized spacial score (nSPS) is 11.0. The molecule has 0 aromatic carbocycles. The highest BCUT2D eigenvalue weighted by Gasteiger charge is 2.13. The van der Waals surface area contributed by atoms with E-state index in [9.17, 15) is 4.79 Å². The molecule has 2 rings (SSSR count). The molecule has 0 saturated carbocycles. The summed E-state index contributed by atoms with van der Waals surface area (Å²) in [6.07, 6.45) is 0.880. The van der Waals surface area contributed by atoms with Crippen molar-refractivity contribution in [3.8, 4) is 0 Å². The first kappa shape index (κ1) is 13.3. The molecule has 6 heteroatoms. The van der Waals surface area contributed by atoms with Crippen LogP contribution in [0.1, 0.15) is 35.7 Å². The summed E-state index contributed by atoms with van der Waals surface area (Å²) in [4.78, 5) is 12.0. The summed E-state index contributed by atoms with van der Waals surface area (Å²) < 4.78 is 1.63. The van der Waals surface area contributed by atoms with Crippen LogP contribution in [-0.4, -0.2) is 25.9 Å². The molecule has 0 spiro atoms. The van der Waals surface area contributed by atoms with Crippen LogP contribution in [0.15, 0.2) is 12.1 Å². The first-order valence-electron chi connectivity index (χ1n) is 6.32. The Labute approximate surface area is 112 Å². The number of carbonyl (C=O) groups is 1. The Balaban J connectivity index is 2.07. The zero-order valence-electron chi connectivity index (χ0n) is 11.7. The molecule has 2 aromatic rings. The third-order valence-electron chi connectivity index (χ3n) is 2.74. The molecule has 0 radical (unpaired) electrons. The minimum absolute atomic E-state index is 0.228. The fourth-order valence-electron chi connectivity index (χ4n) is 1.93. The zero-order chi connectivity index (χ0) is 14.0. The summed E-state index contributed by atoms with van der Waals surface area (Å²) >= 11 is 0. The number of amides is 1. The van der Waals surface area contributed by atoms with Gasteiger partial charge in [0.15, 0.2) is 5.69 Å². The van der Waals surface area contributed by atoms with Crippen molar-refractivity contribution in [1.82, 2.24) is 20.0 Å². The number of nitrogens with one attached hydrogen (secondary N) is 2. The van der Waals surface area contributed by atoms with Gasteiger partial charge in [0.2, 0.25) is 0 Å². The SMILES string of the molecule is Cc1cc(NC(=O)c2cc(CC(C)C)[nH]n2)n(C)n1. The van der Waals surface area contributed by atoms with Crippen molar-refractivity contribution in [3.63, 3.8) is 0 Å². The van der Waals surface area contributed by atoms with Gasteiger partial charge in [-0.05, 0) is 25.3 Å². The lowest BCUT2D eigenvalue weighted by molar-refractivity contribution is 0.102. The summed E-state index contributed by atoms with van der Waals surface area (Å²) in [7, 11) is 1.79. The number of rotatable bonds is 4. The Morgan fingerprint density at radius 1 is 1.47 bits per heavy atom. The summed E-state index contributed by atoms with van der Waals surface area (Å²) in [5.74, 6) is 0.959. The topological polar surface area (TPSA) is 75.6 Å². The Morgan fingerprint density at radius 2 is 2.21 bits per heavy atom. The average molecular weight is 261 g/mol. The Kier molecular flexibility index (Phi) is 3.69. The van der Waals surface area contributed by atoms with Gasteiger partial charge in [-0.25, -0.2) is 0 Å². The summed E-state index contributed by atoms with van der Waals surface area (Å²) in [6, 6.07) is 3.61. The van der Waals surface area contributed by atoms with Crippen molar-refractivity contribution < 1.29 is 4.79 Å². The molecule has 0 unspecified atom stereocenters. The van der Waals surface area contributed by atoms with Crippen molar-refractivity contribution in [2.75, 3.05) is 5.32 Å². The molecule has 0 aliphatic heterocycles. The monoisotopic (exact) mass is 261 g/mol. The van der Waals surface area contributed by atoms with E-state index in [1.54, 1.807) is 17.8 Å². The number of nitrogens with zero attached hydrogens (tertiary/aromatic N) is 3. The summed E-state index contributed by atoms with van der Waals surface area (Å²) in [5.41, 5.74) is 2.23. The number of aromatic nitrogens is 4. The standard InChI is InChI=1S/C13H19N5O/c1-8(2)5-10-7-11(16-15-10)13(19)14-12-6-9(3)17-18(12)4/h6-8H,5H2,1-4H3,(H,14,19)(H,15,16). The molecule has 2 aromatic heterocycles. The molecule has 2 heterocycles. The van der Waals surface area contributed by atoms with Crippen LogP contribution in [0.4, 0.5) is 5.82 Å². The zero-order valence-corrected chi connectivity index (χ0v) is 11.7. The average Bonchev–Trinajstić information content (AvgIpc) is 2.86. The molecule has 19 heavy (non-hydrogen) atoms. The second-order valence-corrected chi connectivity index (χ2v) is 5.13. The van der Waals surface area contributed by atoms with E-state index in [4.69, 9.17) is 0 Å². The van der Waals surface area contributed by atoms with E-state index >= 15 is 0 Å². The molecular weight excluding hydrogens is 242 g/mol. The smallest absolute Gasteiger partial charge is 0.277 e. The van der Waals surface area contributed by atoms with Gasteiger partial charge in [0.1, 0.15) is 5.82 Å². The minimum atomic E-state index is -0.228. The van der Waals surface area contributed by atoms with Gasteiger partial charge in [0, 0.05) is 18.8 Å². The number of hydrogen-bond acceptors (Lipinski definition) is 3. The minimum Gasteiger partial charge on any atom is -0.305 e. The second-order valence-electron chi connectivity index (χ2n) is 5.13. The van der Waals surface area contributed by atoms with Gasteiger partial charge >= 0.3 is 0 Å². The third-order valence-corrected chi connectivity index (χ3v) is 2.74. The number of hydrogen-bond donors (Lipinski definition) is 2. The van der Waals surface area contributed by atoms with Gasteiger partial charge in [-0.1, -0.05) is 13.8 Å². The Hall–Kier alpha value is -2.11. The fraction of sp³-hybridized carbons (Fsp3) is 0.462. The van der Waals surface area contributed by atoms with E-state index in [1.807, 2.05) is 13.0 Å². The third kappa shape index (κ3) is 3.21. The molecular formula is C13H19N5O. The molecule has 2 N–H and O–H groups in total. The maximum absolute atomic E-state index is 12.0. The highest BCUT2D eigenvalue weighted by molar-refractivity contribution is 6.02. The van der Waals surface area contributed by atoms with E-state index in [1.165, 1.54) is 0 Å². The molecule has 0 saturated heterocycles. The van der Waals surface area contributed by atoms with Crippen molar-refractivity contribution >= 4 is 11.7 Å². The number of aromatic amines is 1. The van der Waals surface area contributed by atoms with Crippen molar-refractivity contribution in [1.29, 1.82) is 0 Å². The highest BCUT2D eigenvalue weighted by Crippen LogP contribution is 2.11. The molecule has 102 valence electrons. The number of H-pyrrole nitrogens is 1. The molecule has 0 fully saturated rings. The quantitative estimate of drug-likeness (QED) is 0.882. The highest BCUT2D eigenvalue weighted by atomic mass is 16.2. The Morgan fingerprint density at radius 3 is 2.79 bits per heavy atom. The van der Waals surface area contributed by atoms with E-state index in [0.717, 1.165) is 17.8 Å².